The van der Waals surface area contributed by atoms with Crippen molar-refractivity contribution in [1.82, 2.24) is 15.2 Å². The van der Waals surface area contributed by atoms with E-state index in [0.29, 0.717) is 12.6 Å². The fraction of sp³-hybridized carbons (Fsp3) is 1.00. The van der Waals surface area contributed by atoms with Gasteiger partial charge in [0.2, 0.25) is 10.0 Å². The minimum Gasteiger partial charge on any atom is -0.313 e. The molecule has 112 valence electrons. The molecule has 2 aliphatic rings. The Bertz CT molecular complexity index is 385. The molecule has 1 aliphatic heterocycles. The summed E-state index contributed by atoms with van der Waals surface area (Å²) in [6, 6.07) is 1.11. The number of hydrazine groups is 1. The number of hydrogen-bond donors (Lipinski definition) is 2. The summed E-state index contributed by atoms with van der Waals surface area (Å²) in [6.45, 7) is 6.49. The lowest BCUT2D eigenvalue weighted by atomic mass is 10.0. The van der Waals surface area contributed by atoms with Crippen LogP contribution in [0.3, 0.4) is 0 Å². The topological polar surface area (TPSA) is 61.4 Å². The molecule has 0 aromatic rings. The van der Waals surface area contributed by atoms with Crippen molar-refractivity contribution < 1.29 is 8.42 Å². The van der Waals surface area contributed by atoms with E-state index in [2.05, 4.69) is 24.0 Å². The Hall–Kier alpha value is -0.170. The summed E-state index contributed by atoms with van der Waals surface area (Å²) < 4.78 is 24.7. The molecule has 0 aromatic heterocycles. The minimum atomic E-state index is -3.28. The Morgan fingerprint density at radius 3 is 2.26 bits per heavy atom. The van der Waals surface area contributed by atoms with Gasteiger partial charge >= 0.3 is 0 Å². The highest BCUT2D eigenvalue weighted by Crippen LogP contribution is 2.22. The Kier molecular flexibility index (Phi) is 4.87. The van der Waals surface area contributed by atoms with Crippen LogP contribution in [0.4, 0.5) is 0 Å². The zero-order valence-electron chi connectivity index (χ0n) is 12.2. The molecule has 2 N–H and O–H groups in total. The van der Waals surface area contributed by atoms with E-state index in [-0.39, 0.29) is 12.1 Å². The van der Waals surface area contributed by atoms with Gasteiger partial charge in [0.25, 0.3) is 0 Å². The van der Waals surface area contributed by atoms with Gasteiger partial charge < -0.3 is 5.32 Å². The van der Waals surface area contributed by atoms with Crippen molar-refractivity contribution in [1.29, 1.82) is 0 Å². The molecular formula is C13H27N3O2S. The van der Waals surface area contributed by atoms with E-state index in [1.54, 1.807) is 6.92 Å². The third-order valence-electron chi connectivity index (χ3n) is 4.23. The van der Waals surface area contributed by atoms with Crippen LogP contribution in [-0.4, -0.2) is 43.3 Å². The predicted octanol–water partition coefficient (Wildman–Crippen LogP) is 1.22. The first-order valence-corrected chi connectivity index (χ1v) is 8.98. The molecule has 3 unspecified atom stereocenters. The van der Waals surface area contributed by atoms with Gasteiger partial charge in [0, 0.05) is 24.7 Å². The molecule has 5 nitrogen and oxygen atoms in total. The van der Waals surface area contributed by atoms with Crippen LogP contribution in [0.25, 0.3) is 0 Å². The maximum atomic E-state index is 12.3. The summed E-state index contributed by atoms with van der Waals surface area (Å²) in [5.41, 5.74) is 0. The molecule has 1 saturated heterocycles. The van der Waals surface area contributed by atoms with E-state index >= 15 is 0 Å². The van der Waals surface area contributed by atoms with Gasteiger partial charge in [-0.2, -0.15) is 0 Å². The molecule has 6 heteroatoms. The second-order valence-corrected chi connectivity index (χ2v) is 8.24. The first kappa shape index (κ1) is 15.2. The standard InChI is InChI=1S/C13H27N3O2S/c1-10-5-4-6-11(2)16(10)15-19(17,18)12(3)9-14-13-7-8-13/h10-15H,4-9H2,1-3H3. The number of sulfonamides is 1. The molecule has 0 radical (unpaired) electrons. The molecule has 1 aliphatic carbocycles. The lowest BCUT2D eigenvalue weighted by Crippen LogP contribution is -2.56. The fourth-order valence-electron chi connectivity index (χ4n) is 2.57. The van der Waals surface area contributed by atoms with E-state index in [1.807, 2.05) is 5.01 Å². The van der Waals surface area contributed by atoms with Crippen molar-refractivity contribution in [3.63, 3.8) is 0 Å². The summed E-state index contributed by atoms with van der Waals surface area (Å²) >= 11 is 0. The third kappa shape index (κ3) is 4.15. The highest BCUT2D eigenvalue weighted by molar-refractivity contribution is 7.90. The van der Waals surface area contributed by atoms with E-state index in [9.17, 15) is 8.42 Å². The number of piperidine rings is 1. The Morgan fingerprint density at radius 2 is 1.74 bits per heavy atom. The highest BCUT2D eigenvalue weighted by atomic mass is 32.2. The Labute approximate surface area is 117 Å². The van der Waals surface area contributed by atoms with Gasteiger partial charge in [-0.1, -0.05) is 6.42 Å². The Morgan fingerprint density at radius 1 is 1.16 bits per heavy atom. The van der Waals surface area contributed by atoms with Crippen molar-refractivity contribution in [3.05, 3.63) is 0 Å². The largest absolute Gasteiger partial charge is 0.313 e. The lowest BCUT2D eigenvalue weighted by molar-refractivity contribution is 0.0786. The van der Waals surface area contributed by atoms with Gasteiger partial charge in [0.1, 0.15) is 0 Å². The van der Waals surface area contributed by atoms with Gasteiger partial charge in [0.15, 0.2) is 0 Å². The Balaban J connectivity index is 1.90. The molecule has 0 bridgehead atoms. The number of rotatable bonds is 6. The van der Waals surface area contributed by atoms with Crippen LogP contribution in [0, 0.1) is 0 Å². The van der Waals surface area contributed by atoms with Gasteiger partial charge in [-0.25, -0.2) is 13.4 Å². The van der Waals surface area contributed by atoms with Crippen molar-refractivity contribution in [2.24, 2.45) is 0 Å². The summed E-state index contributed by atoms with van der Waals surface area (Å²) in [5, 5.41) is 4.81. The monoisotopic (exact) mass is 289 g/mol. The molecule has 2 rings (SSSR count). The zero-order chi connectivity index (χ0) is 14.0. The summed E-state index contributed by atoms with van der Waals surface area (Å²) in [5.74, 6) is 0. The maximum Gasteiger partial charge on any atom is 0.228 e. The average Bonchev–Trinajstić information content (AvgIpc) is 3.15. The van der Waals surface area contributed by atoms with E-state index in [0.717, 1.165) is 12.8 Å². The first-order valence-electron chi connectivity index (χ1n) is 7.43. The summed E-state index contributed by atoms with van der Waals surface area (Å²) in [4.78, 5) is 2.80. The van der Waals surface area contributed by atoms with Crippen molar-refractivity contribution in [2.75, 3.05) is 6.54 Å². The van der Waals surface area contributed by atoms with E-state index in [1.165, 1.54) is 19.3 Å². The third-order valence-corrected chi connectivity index (χ3v) is 5.92. The normalized spacial score (nSPS) is 31.3. The molecule has 1 heterocycles. The number of nitrogens with zero attached hydrogens (tertiary/aromatic N) is 1. The molecule has 1 saturated carbocycles. The van der Waals surface area contributed by atoms with Crippen LogP contribution in [0.5, 0.6) is 0 Å². The second-order valence-electron chi connectivity index (χ2n) is 6.17. The zero-order valence-corrected chi connectivity index (χ0v) is 13.0. The molecule has 2 fully saturated rings. The minimum absolute atomic E-state index is 0.280. The van der Waals surface area contributed by atoms with Crippen LogP contribution < -0.4 is 10.1 Å². The SMILES string of the molecule is CC1CCCC(C)N1NS(=O)(=O)C(C)CNC1CC1. The summed E-state index contributed by atoms with van der Waals surface area (Å²) in [7, 11) is -3.28. The smallest absolute Gasteiger partial charge is 0.228 e. The van der Waals surface area contributed by atoms with Crippen LogP contribution in [0.2, 0.25) is 0 Å². The van der Waals surface area contributed by atoms with Crippen LogP contribution in [0.15, 0.2) is 0 Å². The van der Waals surface area contributed by atoms with Crippen LogP contribution in [0.1, 0.15) is 52.9 Å². The lowest BCUT2D eigenvalue weighted by Gasteiger charge is -2.39. The molecular weight excluding hydrogens is 262 g/mol. The predicted molar refractivity (Wildman–Crippen MR) is 77.2 cm³/mol. The van der Waals surface area contributed by atoms with Crippen LogP contribution >= 0.6 is 0 Å². The van der Waals surface area contributed by atoms with Gasteiger partial charge in [-0.15, -0.1) is 4.83 Å². The maximum absolute atomic E-state index is 12.3. The molecule has 0 aromatic carbocycles. The molecule has 19 heavy (non-hydrogen) atoms. The molecule has 0 spiro atoms. The van der Waals surface area contributed by atoms with Crippen molar-refractivity contribution >= 4 is 10.0 Å². The van der Waals surface area contributed by atoms with Crippen LogP contribution in [-0.2, 0) is 10.0 Å². The fourth-order valence-corrected chi connectivity index (χ4v) is 3.72. The molecule has 0 amide bonds. The number of nitrogens with one attached hydrogen (secondary N) is 2. The first-order chi connectivity index (χ1) is 8.90. The number of hydrogen-bond acceptors (Lipinski definition) is 4. The summed E-state index contributed by atoms with van der Waals surface area (Å²) in [6.07, 6.45) is 5.66. The second kappa shape index (κ2) is 6.08. The van der Waals surface area contributed by atoms with Crippen molar-refractivity contribution in [2.45, 2.75) is 76.3 Å². The van der Waals surface area contributed by atoms with E-state index < -0.39 is 15.3 Å². The molecule has 3 atom stereocenters. The average molecular weight is 289 g/mol. The van der Waals surface area contributed by atoms with Gasteiger partial charge in [-0.05, 0) is 46.5 Å². The van der Waals surface area contributed by atoms with Gasteiger partial charge in [-0.3, -0.25) is 0 Å². The van der Waals surface area contributed by atoms with Crippen molar-refractivity contribution in [3.8, 4) is 0 Å². The van der Waals surface area contributed by atoms with E-state index in [4.69, 9.17) is 0 Å². The quantitative estimate of drug-likeness (QED) is 0.772. The van der Waals surface area contributed by atoms with Gasteiger partial charge in [0.05, 0.1) is 5.25 Å². The highest BCUT2D eigenvalue weighted by Gasteiger charge is 2.31.